The molecule has 3 rings (SSSR count). The van der Waals surface area contributed by atoms with Crippen molar-refractivity contribution in [3.63, 3.8) is 0 Å². The normalized spacial score (nSPS) is 11.1. The Morgan fingerprint density at radius 2 is 2.08 bits per heavy atom. The Morgan fingerprint density at radius 3 is 2.75 bits per heavy atom. The van der Waals surface area contributed by atoms with Crippen LogP contribution < -0.4 is 4.74 Å². The van der Waals surface area contributed by atoms with Crippen LogP contribution in [0, 0.1) is 6.92 Å². The van der Waals surface area contributed by atoms with Crippen LogP contribution in [0.15, 0.2) is 52.0 Å². The summed E-state index contributed by atoms with van der Waals surface area (Å²) in [5.41, 5.74) is 0.881. The molecule has 0 N–H and O–H groups in total. The van der Waals surface area contributed by atoms with E-state index in [-0.39, 0.29) is 5.97 Å². The summed E-state index contributed by atoms with van der Waals surface area (Å²) in [6.45, 7) is 1.84. The van der Waals surface area contributed by atoms with E-state index in [1.54, 1.807) is 29.1 Å². The second-order valence-corrected chi connectivity index (χ2v) is 6.45. The number of benzene rings is 1. The van der Waals surface area contributed by atoms with Gasteiger partial charge in [0.15, 0.2) is 5.82 Å². The highest BCUT2D eigenvalue weighted by Gasteiger charge is 2.09. The lowest BCUT2D eigenvalue weighted by atomic mass is 10.2. The third-order valence-electron chi connectivity index (χ3n) is 3.09. The summed E-state index contributed by atoms with van der Waals surface area (Å²) in [5.74, 6) is 0.865. The van der Waals surface area contributed by atoms with E-state index in [0.29, 0.717) is 10.6 Å². The van der Waals surface area contributed by atoms with Crippen molar-refractivity contribution in [3.05, 3.63) is 58.0 Å². The maximum atomic E-state index is 11.9. The Labute approximate surface area is 147 Å². The number of aryl methyl sites for hydroxylation is 1. The molecule has 0 atom stereocenters. The lowest BCUT2D eigenvalue weighted by molar-refractivity contribution is 0.0740. The van der Waals surface area contributed by atoms with Gasteiger partial charge in [0.2, 0.25) is 5.16 Å². The smallest absolute Gasteiger partial charge is 0.353 e. The maximum absolute atomic E-state index is 11.9. The van der Waals surface area contributed by atoms with Crippen LogP contribution >= 0.6 is 23.1 Å². The van der Waals surface area contributed by atoms with Crippen molar-refractivity contribution in [1.82, 2.24) is 14.9 Å². The summed E-state index contributed by atoms with van der Waals surface area (Å²) in [4.78, 5) is 12.5. The van der Waals surface area contributed by atoms with Crippen molar-refractivity contribution in [3.8, 4) is 5.75 Å². The fourth-order valence-electron chi connectivity index (χ4n) is 1.90. The van der Waals surface area contributed by atoms with Gasteiger partial charge >= 0.3 is 5.97 Å². The van der Waals surface area contributed by atoms with Gasteiger partial charge in [-0.1, -0.05) is 17.8 Å². The van der Waals surface area contributed by atoms with Crippen molar-refractivity contribution >= 4 is 35.3 Å². The predicted octanol–water partition coefficient (Wildman–Crippen LogP) is 3.47. The fourth-order valence-corrected chi connectivity index (χ4v) is 2.97. The molecule has 1 aromatic carbocycles. The van der Waals surface area contributed by atoms with Crippen molar-refractivity contribution in [2.75, 3.05) is 6.26 Å². The number of carbonyl (C=O) groups excluding carboxylic acids is 1. The molecule has 0 unspecified atom stereocenters. The monoisotopic (exact) mass is 358 g/mol. The van der Waals surface area contributed by atoms with Gasteiger partial charge in [-0.25, -0.2) is 4.79 Å². The molecule has 24 heavy (non-hydrogen) atoms. The van der Waals surface area contributed by atoms with Crippen molar-refractivity contribution in [2.45, 2.75) is 12.1 Å². The van der Waals surface area contributed by atoms with Gasteiger partial charge in [-0.15, -0.1) is 21.5 Å². The van der Waals surface area contributed by atoms with Crippen LogP contribution in [0.5, 0.6) is 5.75 Å². The van der Waals surface area contributed by atoms with E-state index < -0.39 is 0 Å². The van der Waals surface area contributed by atoms with Crippen LogP contribution in [-0.2, 0) is 0 Å². The van der Waals surface area contributed by atoms with Crippen LogP contribution in [0.25, 0.3) is 0 Å². The fraction of sp³-hybridized carbons (Fsp3) is 0.125. The average Bonchev–Trinajstić information content (AvgIpc) is 3.24. The van der Waals surface area contributed by atoms with Crippen LogP contribution in [0.3, 0.4) is 0 Å². The number of thiophene rings is 1. The van der Waals surface area contributed by atoms with Gasteiger partial charge in [-0.3, -0.25) is 0 Å². The molecule has 0 bridgehead atoms. The van der Waals surface area contributed by atoms with Crippen LogP contribution in [0.1, 0.15) is 21.1 Å². The number of nitrogens with zero attached hydrogens (tertiary/aromatic N) is 4. The molecule has 2 aromatic heterocycles. The Balaban J connectivity index is 1.69. The molecule has 6 nitrogen and oxygen atoms in total. The number of carbonyl (C=O) groups is 1. The van der Waals surface area contributed by atoms with E-state index in [1.165, 1.54) is 23.1 Å². The van der Waals surface area contributed by atoms with Gasteiger partial charge in [-0.05, 0) is 54.5 Å². The molecule has 0 saturated carbocycles. The van der Waals surface area contributed by atoms with Crippen molar-refractivity contribution in [2.24, 2.45) is 5.10 Å². The molecule has 0 aliphatic heterocycles. The minimum Gasteiger partial charge on any atom is -0.422 e. The number of thioether (sulfide) groups is 1. The number of aromatic nitrogens is 3. The Hall–Kier alpha value is -2.45. The van der Waals surface area contributed by atoms with Crippen molar-refractivity contribution in [1.29, 1.82) is 0 Å². The SMILES string of the molecule is CSc1nnc(C)n1/N=C\c1ccc(OC(=O)c2cccs2)cc1. The molecule has 0 aliphatic rings. The first-order valence-electron chi connectivity index (χ1n) is 7.03. The largest absolute Gasteiger partial charge is 0.422 e. The van der Waals surface area contributed by atoms with E-state index in [4.69, 9.17) is 4.74 Å². The second-order valence-electron chi connectivity index (χ2n) is 4.73. The van der Waals surface area contributed by atoms with Gasteiger partial charge in [-0.2, -0.15) is 9.78 Å². The number of hydrogen-bond donors (Lipinski definition) is 0. The lowest BCUT2D eigenvalue weighted by Crippen LogP contribution is -2.06. The zero-order chi connectivity index (χ0) is 16.9. The van der Waals surface area contributed by atoms with E-state index in [0.717, 1.165) is 16.5 Å². The first-order valence-corrected chi connectivity index (χ1v) is 9.14. The zero-order valence-electron chi connectivity index (χ0n) is 13.0. The summed E-state index contributed by atoms with van der Waals surface area (Å²) < 4.78 is 6.99. The summed E-state index contributed by atoms with van der Waals surface area (Å²) in [6.07, 6.45) is 3.63. The Kier molecular flexibility index (Phi) is 5.07. The summed E-state index contributed by atoms with van der Waals surface area (Å²) >= 11 is 2.83. The maximum Gasteiger partial charge on any atom is 0.353 e. The summed E-state index contributed by atoms with van der Waals surface area (Å²) in [6, 6.07) is 10.7. The van der Waals surface area contributed by atoms with E-state index in [2.05, 4.69) is 15.3 Å². The van der Waals surface area contributed by atoms with E-state index >= 15 is 0 Å². The zero-order valence-corrected chi connectivity index (χ0v) is 14.7. The topological polar surface area (TPSA) is 69.4 Å². The molecule has 0 spiro atoms. The number of hydrogen-bond acceptors (Lipinski definition) is 7. The van der Waals surface area contributed by atoms with Gasteiger partial charge in [0.25, 0.3) is 0 Å². The molecule has 0 fully saturated rings. The van der Waals surface area contributed by atoms with E-state index in [9.17, 15) is 4.79 Å². The standard InChI is InChI=1S/C16H14N4O2S2/c1-11-18-19-16(23-2)20(11)17-10-12-5-7-13(8-6-12)22-15(21)14-4-3-9-24-14/h3-10H,1-2H3/b17-10-. The summed E-state index contributed by atoms with van der Waals surface area (Å²) in [5, 5.41) is 15.0. The molecule has 2 heterocycles. The highest BCUT2D eigenvalue weighted by molar-refractivity contribution is 7.98. The summed E-state index contributed by atoms with van der Waals surface area (Å²) in [7, 11) is 0. The number of rotatable bonds is 5. The quantitative estimate of drug-likeness (QED) is 0.302. The van der Waals surface area contributed by atoms with Gasteiger partial charge in [0.1, 0.15) is 10.6 Å². The highest BCUT2D eigenvalue weighted by atomic mass is 32.2. The van der Waals surface area contributed by atoms with Gasteiger partial charge in [0.05, 0.1) is 6.21 Å². The first-order chi connectivity index (χ1) is 11.7. The molecule has 3 aromatic rings. The third-order valence-corrected chi connectivity index (χ3v) is 4.56. The van der Waals surface area contributed by atoms with E-state index in [1.807, 2.05) is 36.8 Å². The Morgan fingerprint density at radius 1 is 1.29 bits per heavy atom. The van der Waals surface area contributed by atoms with Crippen molar-refractivity contribution < 1.29 is 9.53 Å². The van der Waals surface area contributed by atoms with Crippen LogP contribution in [-0.4, -0.2) is 33.3 Å². The third kappa shape index (κ3) is 3.72. The molecule has 0 amide bonds. The molecule has 0 aliphatic carbocycles. The Bertz CT molecular complexity index is 855. The number of esters is 1. The first kappa shape index (κ1) is 16.4. The lowest BCUT2D eigenvalue weighted by Gasteiger charge is -2.03. The highest BCUT2D eigenvalue weighted by Crippen LogP contribution is 2.17. The predicted molar refractivity (Wildman–Crippen MR) is 95.3 cm³/mol. The number of ether oxygens (including phenoxy) is 1. The molecular formula is C16H14N4O2S2. The minimum atomic E-state index is -0.351. The molecule has 122 valence electrons. The molecule has 0 radical (unpaired) electrons. The second kappa shape index (κ2) is 7.41. The van der Waals surface area contributed by atoms with Crippen LogP contribution in [0.2, 0.25) is 0 Å². The molecular weight excluding hydrogens is 344 g/mol. The molecule has 8 heteroatoms. The van der Waals surface area contributed by atoms with Crippen LogP contribution in [0.4, 0.5) is 0 Å². The average molecular weight is 358 g/mol. The van der Waals surface area contributed by atoms with Gasteiger partial charge in [0, 0.05) is 0 Å². The minimum absolute atomic E-state index is 0.351. The molecule has 0 saturated heterocycles. The van der Waals surface area contributed by atoms with Gasteiger partial charge < -0.3 is 4.74 Å².